The maximum absolute atomic E-state index is 11.6. The molecule has 2 rings (SSSR count). The Hall–Kier alpha value is -2.81. The van der Waals surface area contributed by atoms with E-state index in [1.165, 1.54) is 41.8 Å². The minimum absolute atomic E-state index is 0.102. The summed E-state index contributed by atoms with van der Waals surface area (Å²) in [5.74, 6) is -1.74. The topological polar surface area (TPSA) is 114 Å². The first-order chi connectivity index (χ1) is 9.56. The van der Waals surface area contributed by atoms with Crippen molar-refractivity contribution in [1.29, 1.82) is 0 Å². The summed E-state index contributed by atoms with van der Waals surface area (Å²) in [5.41, 5.74) is 0.185. The third-order valence-corrected chi connectivity index (χ3v) is 2.88. The molecule has 0 spiro atoms. The second kappa shape index (κ2) is 5.89. The molecule has 2 amide bonds. The van der Waals surface area contributed by atoms with Crippen LogP contribution in [0, 0.1) is 10.1 Å². The van der Waals surface area contributed by atoms with E-state index in [9.17, 15) is 19.7 Å². The number of thiazole rings is 1. The number of nitrogens with one attached hydrogen (secondary N) is 2. The van der Waals surface area contributed by atoms with Gasteiger partial charge >= 0.3 is 11.8 Å². The number of nitro benzene ring substituents is 1. The van der Waals surface area contributed by atoms with Gasteiger partial charge in [-0.2, -0.15) is 0 Å². The molecule has 2 aromatic rings. The van der Waals surface area contributed by atoms with Crippen LogP contribution in [0.25, 0.3) is 0 Å². The fraction of sp³-hybridized carbons (Fsp3) is 0. The summed E-state index contributed by atoms with van der Waals surface area (Å²) in [6, 6.07) is 5.14. The molecule has 2 N–H and O–H groups in total. The number of carbonyl (C=O) groups excluding carboxylic acids is 2. The van der Waals surface area contributed by atoms with Crippen molar-refractivity contribution >= 4 is 39.7 Å². The van der Waals surface area contributed by atoms with Gasteiger partial charge in [0.25, 0.3) is 5.69 Å². The molecule has 0 fully saturated rings. The van der Waals surface area contributed by atoms with Gasteiger partial charge in [0.15, 0.2) is 5.13 Å². The van der Waals surface area contributed by atoms with Crippen molar-refractivity contribution in [2.24, 2.45) is 0 Å². The molecular weight excluding hydrogens is 284 g/mol. The van der Waals surface area contributed by atoms with Crippen molar-refractivity contribution in [2.75, 3.05) is 10.6 Å². The number of carbonyl (C=O) groups is 2. The van der Waals surface area contributed by atoms with Crippen molar-refractivity contribution in [1.82, 2.24) is 4.98 Å². The molecule has 0 unspecified atom stereocenters. The van der Waals surface area contributed by atoms with Crippen LogP contribution in [0.1, 0.15) is 0 Å². The summed E-state index contributed by atoms with van der Waals surface area (Å²) in [5, 5.41) is 17.1. The minimum Gasteiger partial charge on any atom is -0.318 e. The van der Waals surface area contributed by atoms with Crippen molar-refractivity contribution in [3.05, 3.63) is 46.0 Å². The minimum atomic E-state index is -0.881. The molecule has 102 valence electrons. The number of rotatable bonds is 3. The molecule has 1 aromatic heterocycles. The van der Waals surface area contributed by atoms with Gasteiger partial charge in [0, 0.05) is 29.4 Å². The maximum Gasteiger partial charge on any atom is 0.315 e. The third kappa shape index (κ3) is 3.36. The van der Waals surface area contributed by atoms with Crippen LogP contribution in [-0.2, 0) is 9.59 Å². The van der Waals surface area contributed by atoms with E-state index in [-0.39, 0.29) is 11.4 Å². The maximum atomic E-state index is 11.6. The molecule has 0 bridgehead atoms. The number of hydrogen-bond donors (Lipinski definition) is 2. The summed E-state index contributed by atoms with van der Waals surface area (Å²) >= 11 is 1.18. The zero-order chi connectivity index (χ0) is 14.5. The Morgan fingerprint density at radius 1 is 1.15 bits per heavy atom. The Morgan fingerprint density at radius 2 is 1.80 bits per heavy atom. The molecule has 0 aliphatic carbocycles. The van der Waals surface area contributed by atoms with Gasteiger partial charge in [0.05, 0.1) is 4.92 Å². The van der Waals surface area contributed by atoms with Gasteiger partial charge in [0.1, 0.15) is 0 Å². The average Bonchev–Trinajstić information content (AvgIpc) is 2.92. The Morgan fingerprint density at radius 3 is 2.35 bits per heavy atom. The monoisotopic (exact) mass is 292 g/mol. The van der Waals surface area contributed by atoms with Crippen LogP contribution in [0.3, 0.4) is 0 Å². The molecular formula is C11H8N4O4S. The number of hydrogen-bond acceptors (Lipinski definition) is 6. The van der Waals surface area contributed by atoms with Gasteiger partial charge < -0.3 is 5.32 Å². The average molecular weight is 292 g/mol. The number of nitro groups is 1. The van der Waals surface area contributed by atoms with E-state index >= 15 is 0 Å². The Labute approximate surface area is 116 Å². The molecule has 0 saturated carbocycles. The number of nitrogens with zero attached hydrogens (tertiary/aromatic N) is 2. The standard InChI is InChI=1S/C11H8N4O4S/c16-9(10(17)14-11-12-5-6-20-11)13-7-1-3-8(4-2-7)15(18)19/h1-6H,(H,13,16)(H,12,14,17). The van der Waals surface area contributed by atoms with Crippen LogP contribution in [0.5, 0.6) is 0 Å². The van der Waals surface area contributed by atoms with Gasteiger partial charge in [-0.25, -0.2) is 4.98 Å². The molecule has 0 radical (unpaired) electrons. The lowest BCUT2D eigenvalue weighted by Gasteiger charge is -2.04. The van der Waals surface area contributed by atoms with Gasteiger partial charge in [-0.3, -0.25) is 25.0 Å². The highest BCUT2D eigenvalue weighted by Crippen LogP contribution is 2.15. The van der Waals surface area contributed by atoms with Crippen molar-refractivity contribution in [3.8, 4) is 0 Å². The van der Waals surface area contributed by atoms with E-state index in [1.54, 1.807) is 5.38 Å². The summed E-state index contributed by atoms with van der Waals surface area (Å²) in [6.45, 7) is 0. The molecule has 0 aliphatic rings. The van der Waals surface area contributed by atoms with Crippen LogP contribution in [0.4, 0.5) is 16.5 Å². The molecule has 0 atom stereocenters. The molecule has 1 aromatic carbocycles. The number of benzene rings is 1. The number of amides is 2. The highest BCUT2D eigenvalue weighted by molar-refractivity contribution is 7.13. The van der Waals surface area contributed by atoms with E-state index in [1.807, 2.05) is 0 Å². The Kier molecular flexibility index (Phi) is 4.01. The predicted octanol–water partition coefficient (Wildman–Crippen LogP) is 1.63. The number of aromatic nitrogens is 1. The predicted molar refractivity (Wildman–Crippen MR) is 72.5 cm³/mol. The largest absolute Gasteiger partial charge is 0.318 e. The zero-order valence-corrected chi connectivity index (χ0v) is 10.7. The van der Waals surface area contributed by atoms with Crippen LogP contribution in [0.15, 0.2) is 35.8 Å². The molecule has 0 saturated heterocycles. The van der Waals surface area contributed by atoms with Crippen molar-refractivity contribution in [2.45, 2.75) is 0 Å². The molecule has 9 heteroatoms. The normalized spacial score (nSPS) is 9.80. The summed E-state index contributed by atoms with van der Waals surface area (Å²) in [7, 11) is 0. The molecule has 20 heavy (non-hydrogen) atoms. The van der Waals surface area contributed by atoms with E-state index in [0.29, 0.717) is 5.13 Å². The number of anilines is 2. The summed E-state index contributed by atoms with van der Waals surface area (Å²) < 4.78 is 0. The molecule has 1 heterocycles. The lowest BCUT2D eigenvalue weighted by atomic mass is 10.3. The van der Waals surface area contributed by atoms with Crippen LogP contribution < -0.4 is 10.6 Å². The van der Waals surface area contributed by atoms with Gasteiger partial charge in [0.2, 0.25) is 0 Å². The van der Waals surface area contributed by atoms with Gasteiger partial charge in [-0.15, -0.1) is 11.3 Å². The van der Waals surface area contributed by atoms with E-state index < -0.39 is 16.7 Å². The SMILES string of the molecule is O=C(Nc1ccc([N+](=O)[O-])cc1)C(=O)Nc1nccs1. The zero-order valence-electron chi connectivity index (χ0n) is 9.90. The Balaban J connectivity index is 1.97. The van der Waals surface area contributed by atoms with Gasteiger partial charge in [-0.05, 0) is 12.1 Å². The fourth-order valence-corrected chi connectivity index (χ4v) is 1.82. The lowest BCUT2D eigenvalue weighted by molar-refractivity contribution is -0.384. The Bertz CT molecular complexity index is 639. The van der Waals surface area contributed by atoms with Crippen LogP contribution >= 0.6 is 11.3 Å². The second-order valence-electron chi connectivity index (χ2n) is 3.55. The van der Waals surface area contributed by atoms with E-state index in [2.05, 4.69) is 15.6 Å². The van der Waals surface area contributed by atoms with E-state index in [4.69, 9.17) is 0 Å². The first-order valence-electron chi connectivity index (χ1n) is 5.32. The summed E-state index contributed by atoms with van der Waals surface area (Å²) in [4.78, 5) is 36.8. The smallest absolute Gasteiger partial charge is 0.315 e. The summed E-state index contributed by atoms with van der Waals surface area (Å²) in [6.07, 6.45) is 1.49. The van der Waals surface area contributed by atoms with Crippen LogP contribution in [0.2, 0.25) is 0 Å². The fourth-order valence-electron chi connectivity index (χ4n) is 1.29. The highest BCUT2D eigenvalue weighted by atomic mass is 32.1. The highest BCUT2D eigenvalue weighted by Gasteiger charge is 2.15. The third-order valence-electron chi connectivity index (χ3n) is 2.20. The van der Waals surface area contributed by atoms with Crippen molar-refractivity contribution < 1.29 is 14.5 Å². The first-order valence-corrected chi connectivity index (χ1v) is 6.20. The quantitative estimate of drug-likeness (QED) is 0.507. The lowest BCUT2D eigenvalue weighted by Crippen LogP contribution is -2.28. The van der Waals surface area contributed by atoms with E-state index in [0.717, 1.165) is 0 Å². The van der Waals surface area contributed by atoms with Gasteiger partial charge in [-0.1, -0.05) is 0 Å². The second-order valence-corrected chi connectivity index (χ2v) is 4.44. The number of non-ortho nitro benzene ring substituents is 1. The van der Waals surface area contributed by atoms with Crippen LogP contribution in [-0.4, -0.2) is 21.7 Å². The molecule has 8 nitrogen and oxygen atoms in total. The van der Waals surface area contributed by atoms with Crippen molar-refractivity contribution in [3.63, 3.8) is 0 Å². The first kappa shape index (κ1) is 13.6. The molecule has 0 aliphatic heterocycles.